The topological polar surface area (TPSA) is 57.7 Å². The van der Waals surface area contributed by atoms with Gasteiger partial charge in [0.05, 0.1) is 10.6 Å². The number of piperidine rings is 1. The van der Waals surface area contributed by atoms with Crippen LogP contribution in [0.2, 0.25) is 0 Å². The van der Waals surface area contributed by atoms with Gasteiger partial charge in [0.2, 0.25) is 5.91 Å². The number of likely N-dealkylation sites (tertiary alicyclic amines) is 1. The lowest BCUT2D eigenvalue weighted by Crippen LogP contribution is -2.43. The molecule has 2 rings (SSSR count). The maximum absolute atomic E-state index is 12.4. The van der Waals surface area contributed by atoms with Crippen molar-refractivity contribution >= 4 is 31.7 Å². The van der Waals surface area contributed by atoms with E-state index in [0.717, 1.165) is 43.5 Å². The van der Waals surface area contributed by atoms with Gasteiger partial charge in [-0.15, -0.1) is 0 Å². The van der Waals surface area contributed by atoms with Gasteiger partial charge in [0.15, 0.2) is 9.84 Å². The Balaban J connectivity index is 1.84. The van der Waals surface area contributed by atoms with Gasteiger partial charge in [0.1, 0.15) is 0 Å². The molecule has 25 heavy (non-hydrogen) atoms. The number of benzene rings is 1. The fraction of sp³-hybridized carbons (Fsp3) is 0.611. The van der Waals surface area contributed by atoms with Gasteiger partial charge in [-0.25, -0.2) is 8.42 Å². The Kier molecular flexibility index (Phi) is 7.46. The average Bonchev–Trinajstić information content (AvgIpc) is 2.62. The largest absolute Gasteiger partial charge is 0.343 e. The van der Waals surface area contributed by atoms with Crippen LogP contribution in [0.3, 0.4) is 0 Å². The molecule has 5 nitrogen and oxygen atoms in total. The minimum atomic E-state index is -3.27. The van der Waals surface area contributed by atoms with Crippen molar-refractivity contribution in [3.63, 3.8) is 0 Å². The third kappa shape index (κ3) is 5.53. The molecule has 1 heterocycles. The second-order valence-corrected chi connectivity index (χ2v) is 9.42. The van der Waals surface area contributed by atoms with E-state index < -0.39 is 9.84 Å². The summed E-state index contributed by atoms with van der Waals surface area (Å²) in [5.74, 6) is 0.440. The van der Waals surface area contributed by atoms with Crippen molar-refractivity contribution in [3.05, 3.63) is 28.7 Å². The van der Waals surface area contributed by atoms with E-state index in [4.69, 9.17) is 0 Å². The summed E-state index contributed by atoms with van der Waals surface area (Å²) < 4.78 is 25.7. The van der Waals surface area contributed by atoms with E-state index in [1.807, 2.05) is 18.7 Å². The molecule has 1 saturated heterocycles. The molecule has 0 unspecified atom stereocenters. The van der Waals surface area contributed by atoms with Crippen LogP contribution >= 0.6 is 15.9 Å². The van der Waals surface area contributed by atoms with Crippen molar-refractivity contribution < 1.29 is 13.2 Å². The fourth-order valence-electron chi connectivity index (χ4n) is 3.21. The zero-order valence-electron chi connectivity index (χ0n) is 14.9. The number of carbonyl (C=O) groups is 1. The summed E-state index contributed by atoms with van der Waals surface area (Å²) in [7, 11) is -3.27. The zero-order valence-corrected chi connectivity index (χ0v) is 17.4. The third-order valence-corrected chi connectivity index (χ3v) is 7.10. The van der Waals surface area contributed by atoms with Gasteiger partial charge < -0.3 is 9.80 Å². The van der Waals surface area contributed by atoms with Crippen LogP contribution in [0.1, 0.15) is 26.7 Å². The summed E-state index contributed by atoms with van der Waals surface area (Å²) in [5.41, 5.74) is 0. The molecule has 0 aliphatic carbocycles. The predicted molar refractivity (Wildman–Crippen MR) is 103 cm³/mol. The van der Waals surface area contributed by atoms with E-state index in [2.05, 4.69) is 20.8 Å². The molecule has 1 aliphatic heterocycles. The second kappa shape index (κ2) is 9.14. The Hall–Kier alpha value is -0.920. The number of sulfone groups is 1. The Morgan fingerprint density at radius 3 is 2.24 bits per heavy atom. The summed E-state index contributed by atoms with van der Waals surface area (Å²) in [6.07, 6.45) is 1.63. The lowest BCUT2D eigenvalue weighted by atomic mass is 9.95. The average molecular weight is 431 g/mol. The van der Waals surface area contributed by atoms with Crippen molar-refractivity contribution in [2.45, 2.75) is 31.6 Å². The number of halogens is 1. The Morgan fingerprint density at radius 1 is 1.16 bits per heavy atom. The third-order valence-electron chi connectivity index (χ3n) is 4.86. The monoisotopic (exact) mass is 430 g/mol. The Labute approximate surface area is 159 Å². The summed E-state index contributed by atoms with van der Waals surface area (Å²) in [4.78, 5) is 16.8. The van der Waals surface area contributed by atoms with Crippen LogP contribution in [0.25, 0.3) is 0 Å². The van der Waals surface area contributed by atoms with Gasteiger partial charge in [0.25, 0.3) is 0 Å². The maximum Gasteiger partial charge on any atom is 0.225 e. The van der Waals surface area contributed by atoms with Gasteiger partial charge in [-0.05, 0) is 64.0 Å². The van der Waals surface area contributed by atoms with Crippen molar-refractivity contribution in [2.24, 2.45) is 5.92 Å². The van der Waals surface area contributed by atoms with Gasteiger partial charge in [0, 0.05) is 30.0 Å². The van der Waals surface area contributed by atoms with Gasteiger partial charge in [-0.2, -0.15) is 0 Å². The second-order valence-electron chi connectivity index (χ2n) is 6.40. The predicted octanol–water partition coefficient (Wildman–Crippen LogP) is 2.80. The lowest BCUT2D eigenvalue weighted by Gasteiger charge is -2.33. The SMILES string of the molecule is CCN(CC)C(=O)C1CCN(CCS(=O)(=O)c2ccc(Br)cc2)CC1. The van der Waals surface area contributed by atoms with Crippen LogP contribution < -0.4 is 0 Å². The number of carbonyl (C=O) groups excluding carboxylic acids is 1. The van der Waals surface area contributed by atoms with E-state index in [0.29, 0.717) is 11.4 Å². The van der Waals surface area contributed by atoms with E-state index in [1.165, 1.54) is 0 Å². The highest BCUT2D eigenvalue weighted by molar-refractivity contribution is 9.10. The molecule has 140 valence electrons. The molecule has 0 saturated carbocycles. The van der Waals surface area contributed by atoms with Crippen molar-refractivity contribution in [1.29, 1.82) is 0 Å². The first-order valence-electron chi connectivity index (χ1n) is 8.86. The molecule has 1 fully saturated rings. The summed E-state index contributed by atoms with van der Waals surface area (Å²) in [5, 5.41) is 0. The first-order chi connectivity index (χ1) is 11.9. The molecule has 0 radical (unpaired) electrons. The number of amides is 1. The first kappa shape index (κ1) is 20.4. The summed E-state index contributed by atoms with van der Waals surface area (Å²) in [6.45, 7) is 7.60. The van der Waals surface area contributed by atoms with Crippen molar-refractivity contribution in [1.82, 2.24) is 9.80 Å². The zero-order chi connectivity index (χ0) is 18.4. The quantitative estimate of drug-likeness (QED) is 0.666. The first-order valence-corrected chi connectivity index (χ1v) is 11.3. The molecule has 0 N–H and O–H groups in total. The van der Waals surface area contributed by atoms with Crippen LogP contribution in [0, 0.1) is 5.92 Å². The molecular formula is C18H27BrN2O3S. The normalized spacial score (nSPS) is 16.8. The molecular weight excluding hydrogens is 404 g/mol. The molecule has 1 aromatic carbocycles. The summed E-state index contributed by atoms with van der Waals surface area (Å²) >= 11 is 3.32. The van der Waals surface area contributed by atoms with Crippen LogP contribution in [-0.4, -0.2) is 62.6 Å². The van der Waals surface area contributed by atoms with E-state index in [9.17, 15) is 13.2 Å². The Morgan fingerprint density at radius 2 is 1.72 bits per heavy atom. The van der Waals surface area contributed by atoms with Gasteiger partial charge in [-0.3, -0.25) is 4.79 Å². The van der Waals surface area contributed by atoms with Crippen LogP contribution in [-0.2, 0) is 14.6 Å². The number of hydrogen-bond donors (Lipinski definition) is 0. The highest BCUT2D eigenvalue weighted by Crippen LogP contribution is 2.21. The van der Waals surface area contributed by atoms with Crippen molar-refractivity contribution in [3.8, 4) is 0 Å². The minimum absolute atomic E-state index is 0.0826. The smallest absolute Gasteiger partial charge is 0.225 e. The van der Waals surface area contributed by atoms with Gasteiger partial charge in [-0.1, -0.05) is 15.9 Å². The van der Waals surface area contributed by atoms with Crippen LogP contribution in [0.5, 0.6) is 0 Å². The molecule has 0 spiro atoms. The number of rotatable bonds is 7. The molecule has 1 aliphatic rings. The van der Waals surface area contributed by atoms with Crippen LogP contribution in [0.4, 0.5) is 0 Å². The van der Waals surface area contributed by atoms with Gasteiger partial charge >= 0.3 is 0 Å². The minimum Gasteiger partial charge on any atom is -0.343 e. The highest BCUT2D eigenvalue weighted by atomic mass is 79.9. The molecule has 1 aromatic rings. The lowest BCUT2D eigenvalue weighted by molar-refractivity contribution is -0.136. The van der Waals surface area contributed by atoms with Crippen LogP contribution in [0.15, 0.2) is 33.6 Å². The molecule has 7 heteroatoms. The van der Waals surface area contributed by atoms with E-state index in [-0.39, 0.29) is 17.6 Å². The molecule has 1 amide bonds. The number of nitrogens with zero attached hydrogens (tertiary/aromatic N) is 2. The highest BCUT2D eigenvalue weighted by Gasteiger charge is 2.28. The molecule has 0 bridgehead atoms. The van der Waals surface area contributed by atoms with E-state index in [1.54, 1.807) is 24.3 Å². The standard InChI is InChI=1S/C18H27BrN2O3S/c1-3-21(4-2)18(22)15-9-11-20(12-10-15)13-14-25(23,24)17-7-5-16(19)6-8-17/h5-8,15H,3-4,9-14H2,1-2H3. The van der Waals surface area contributed by atoms with E-state index >= 15 is 0 Å². The van der Waals surface area contributed by atoms with Crippen molar-refractivity contribution in [2.75, 3.05) is 38.5 Å². The fourth-order valence-corrected chi connectivity index (χ4v) is 4.76. The molecule has 0 aromatic heterocycles. The number of hydrogen-bond acceptors (Lipinski definition) is 4. The Bertz CT molecular complexity index is 664. The molecule has 0 atom stereocenters. The maximum atomic E-state index is 12.4. The summed E-state index contributed by atoms with van der Waals surface area (Å²) in [6, 6.07) is 6.76.